The Morgan fingerprint density at radius 3 is 2.70 bits per heavy atom. The number of aryl methyl sites for hydroxylation is 1. The number of benzene rings is 1. The van der Waals surface area contributed by atoms with Gasteiger partial charge in [0.1, 0.15) is 22.1 Å². The average Bonchev–Trinajstić information content (AvgIpc) is 2.94. The molecule has 1 unspecified atom stereocenters. The molecule has 2 aromatic rings. The molecule has 1 atom stereocenters. The van der Waals surface area contributed by atoms with Crippen LogP contribution >= 0.6 is 15.9 Å². The molecule has 0 spiro atoms. The van der Waals surface area contributed by atoms with E-state index in [0.717, 1.165) is 12.2 Å². The van der Waals surface area contributed by atoms with E-state index in [-0.39, 0.29) is 0 Å². The van der Waals surface area contributed by atoms with Crippen LogP contribution in [-0.4, -0.2) is 28.9 Å². The number of aliphatic hydroxyl groups is 1. The van der Waals surface area contributed by atoms with Crippen molar-refractivity contribution in [3.8, 4) is 11.5 Å². The Morgan fingerprint density at radius 1 is 1.35 bits per heavy atom. The summed E-state index contributed by atoms with van der Waals surface area (Å²) in [7, 11) is 3.15. The highest BCUT2D eigenvalue weighted by molar-refractivity contribution is 9.10. The van der Waals surface area contributed by atoms with Gasteiger partial charge in [-0.15, -0.1) is 0 Å². The molecule has 6 heteroatoms. The summed E-state index contributed by atoms with van der Waals surface area (Å²) in [5, 5.41) is 10.6. The summed E-state index contributed by atoms with van der Waals surface area (Å²) in [6, 6.07) is 3.58. The lowest BCUT2D eigenvalue weighted by atomic mass is 10.1. The number of aliphatic hydroxyl groups excluding tert-OH is 1. The number of aromatic nitrogens is 2. The van der Waals surface area contributed by atoms with Crippen LogP contribution in [0.1, 0.15) is 24.3 Å². The minimum Gasteiger partial charge on any atom is -0.495 e. The van der Waals surface area contributed by atoms with Crippen LogP contribution in [0.3, 0.4) is 0 Å². The quantitative estimate of drug-likeness (QED) is 0.909. The van der Waals surface area contributed by atoms with Gasteiger partial charge in [-0.2, -0.15) is 0 Å². The molecule has 108 valence electrons. The Labute approximate surface area is 126 Å². The number of methoxy groups -OCH3 is 2. The van der Waals surface area contributed by atoms with E-state index in [4.69, 9.17) is 9.47 Å². The largest absolute Gasteiger partial charge is 0.495 e. The Balaban J connectivity index is 2.49. The predicted molar refractivity (Wildman–Crippen MR) is 79.2 cm³/mol. The minimum absolute atomic E-state index is 0.556. The SMILES string of the molecule is CCn1cncc1C(O)c1ccc(OC)c(Br)c1OC. The molecule has 1 heterocycles. The standard InChI is InChI=1S/C14H17BrN2O3/c1-4-17-8-16-7-10(17)13(18)9-5-6-11(19-2)12(15)14(9)20-3/h5-8,13,18H,4H2,1-3H3. The molecular weight excluding hydrogens is 324 g/mol. The number of ether oxygens (including phenoxy) is 2. The summed E-state index contributed by atoms with van der Waals surface area (Å²) in [6.07, 6.45) is 2.55. The molecule has 5 nitrogen and oxygen atoms in total. The molecule has 0 saturated heterocycles. The molecule has 0 bridgehead atoms. The molecule has 0 fully saturated rings. The average molecular weight is 341 g/mol. The van der Waals surface area contributed by atoms with Crippen LogP contribution in [-0.2, 0) is 6.54 Å². The summed E-state index contributed by atoms with van der Waals surface area (Å²) in [5.74, 6) is 1.21. The molecule has 1 aromatic carbocycles. The molecule has 0 aliphatic carbocycles. The molecule has 2 rings (SSSR count). The van der Waals surface area contributed by atoms with Crippen molar-refractivity contribution in [3.05, 3.63) is 40.4 Å². The maximum atomic E-state index is 10.6. The first-order chi connectivity index (χ1) is 9.63. The van der Waals surface area contributed by atoms with Crippen LogP contribution in [0.15, 0.2) is 29.1 Å². The lowest BCUT2D eigenvalue weighted by Crippen LogP contribution is -2.09. The molecule has 0 aliphatic heterocycles. The van der Waals surface area contributed by atoms with Crippen molar-refractivity contribution in [2.75, 3.05) is 14.2 Å². The topological polar surface area (TPSA) is 56.5 Å². The smallest absolute Gasteiger partial charge is 0.143 e. The molecular formula is C14H17BrN2O3. The zero-order chi connectivity index (χ0) is 14.7. The fourth-order valence-electron chi connectivity index (χ4n) is 2.12. The third kappa shape index (κ3) is 2.53. The van der Waals surface area contributed by atoms with Crippen molar-refractivity contribution in [2.24, 2.45) is 0 Å². The number of hydrogen-bond acceptors (Lipinski definition) is 4. The lowest BCUT2D eigenvalue weighted by Gasteiger charge is -2.18. The molecule has 20 heavy (non-hydrogen) atoms. The first-order valence-electron chi connectivity index (χ1n) is 6.22. The van der Waals surface area contributed by atoms with Crippen LogP contribution in [0, 0.1) is 0 Å². The number of nitrogens with zero attached hydrogens (tertiary/aromatic N) is 2. The summed E-state index contributed by atoms with van der Waals surface area (Å²) < 4.78 is 13.2. The van der Waals surface area contributed by atoms with Gasteiger partial charge in [0.05, 0.1) is 32.4 Å². The van der Waals surface area contributed by atoms with Gasteiger partial charge in [-0.3, -0.25) is 0 Å². The zero-order valence-corrected chi connectivity index (χ0v) is 13.2. The van der Waals surface area contributed by atoms with Crippen molar-refractivity contribution in [3.63, 3.8) is 0 Å². The normalized spacial score (nSPS) is 12.2. The van der Waals surface area contributed by atoms with Gasteiger partial charge in [0.25, 0.3) is 0 Å². The van der Waals surface area contributed by atoms with E-state index < -0.39 is 6.10 Å². The van der Waals surface area contributed by atoms with Gasteiger partial charge in [0, 0.05) is 12.1 Å². The van der Waals surface area contributed by atoms with Gasteiger partial charge < -0.3 is 19.1 Å². The fourth-order valence-corrected chi connectivity index (χ4v) is 2.80. The van der Waals surface area contributed by atoms with Crippen molar-refractivity contribution in [1.29, 1.82) is 0 Å². The first-order valence-corrected chi connectivity index (χ1v) is 7.01. The minimum atomic E-state index is -0.811. The van der Waals surface area contributed by atoms with E-state index >= 15 is 0 Å². The third-order valence-corrected chi connectivity index (χ3v) is 3.93. The summed E-state index contributed by atoms with van der Waals surface area (Å²) in [6.45, 7) is 2.74. The second-order valence-corrected chi connectivity index (χ2v) is 5.00. The highest BCUT2D eigenvalue weighted by Gasteiger charge is 2.22. The van der Waals surface area contributed by atoms with Crippen LogP contribution in [0.4, 0.5) is 0 Å². The van der Waals surface area contributed by atoms with Crippen molar-refractivity contribution >= 4 is 15.9 Å². The maximum Gasteiger partial charge on any atom is 0.143 e. The van der Waals surface area contributed by atoms with Gasteiger partial charge in [0.15, 0.2) is 0 Å². The van der Waals surface area contributed by atoms with Crippen molar-refractivity contribution < 1.29 is 14.6 Å². The predicted octanol–water partition coefficient (Wildman–Crippen LogP) is 2.76. The van der Waals surface area contributed by atoms with E-state index in [2.05, 4.69) is 20.9 Å². The van der Waals surface area contributed by atoms with Gasteiger partial charge in [-0.1, -0.05) is 0 Å². The highest BCUT2D eigenvalue weighted by atomic mass is 79.9. The third-order valence-electron chi connectivity index (χ3n) is 3.18. The fraction of sp³-hybridized carbons (Fsp3) is 0.357. The lowest BCUT2D eigenvalue weighted by molar-refractivity contribution is 0.204. The second kappa shape index (κ2) is 6.28. The Bertz CT molecular complexity index is 598. The Morgan fingerprint density at radius 2 is 2.10 bits per heavy atom. The summed E-state index contributed by atoms with van der Waals surface area (Å²) >= 11 is 3.44. The Kier molecular flexibility index (Phi) is 4.67. The van der Waals surface area contributed by atoms with Gasteiger partial charge in [-0.25, -0.2) is 4.98 Å². The van der Waals surface area contributed by atoms with E-state index in [0.29, 0.717) is 21.5 Å². The number of hydrogen-bond donors (Lipinski definition) is 1. The molecule has 1 aromatic heterocycles. The maximum absolute atomic E-state index is 10.6. The van der Waals surface area contributed by atoms with Gasteiger partial charge in [-0.05, 0) is 35.0 Å². The highest BCUT2D eigenvalue weighted by Crippen LogP contribution is 2.41. The molecule has 1 N–H and O–H groups in total. The van der Waals surface area contributed by atoms with E-state index in [9.17, 15) is 5.11 Å². The van der Waals surface area contributed by atoms with Crippen molar-refractivity contribution in [2.45, 2.75) is 19.6 Å². The second-order valence-electron chi connectivity index (χ2n) is 4.21. The first kappa shape index (κ1) is 14.9. The van der Waals surface area contributed by atoms with Crippen LogP contribution in [0.2, 0.25) is 0 Å². The summed E-state index contributed by atoms with van der Waals surface area (Å²) in [5.41, 5.74) is 1.39. The van der Waals surface area contributed by atoms with Crippen LogP contribution in [0.25, 0.3) is 0 Å². The molecule has 0 saturated carbocycles. The van der Waals surface area contributed by atoms with Crippen LogP contribution < -0.4 is 9.47 Å². The van der Waals surface area contributed by atoms with Gasteiger partial charge in [0.2, 0.25) is 0 Å². The van der Waals surface area contributed by atoms with E-state index in [1.807, 2.05) is 11.5 Å². The Hall–Kier alpha value is -1.53. The van der Waals surface area contributed by atoms with Crippen LogP contribution in [0.5, 0.6) is 11.5 Å². The molecule has 0 amide bonds. The van der Waals surface area contributed by atoms with E-state index in [1.165, 1.54) is 0 Å². The number of rotatable bonds is 5. The molecule has 0 radical (unpaired) electrons. The number of halogens is 1. The molecule has 0 aliphatic rings. The van der Waals surface area contributed by atoms with E-state index in [1.54, 1.807) is 38.9 Å². The number of imidazole rings is 1. The van der Waals surface area contributed by atoms with Crippen molar-refractivity contribution in [1.82, 2.24) is 9.55 Å². The summed E-state index contributed by atoms with van der Waals surface area (Å²) in [4.78, 5) is 4.08. The monoisotopic (exact) mass is 340 g/mol. The zero-order valence-electron chi connectivity index (χ0n) is 11.6. The van der Waals surface area contributed by atoms with Gasteiger partial charge >= 0.3 is 0 Å².